The van der Waals surface area contributed by atoms with Crippen LogP contribution >= 0.6 is 11.8 Å². The molecule has 0 atom stereocenters. The number of nitrogens with zero attached hydrogens (tertiary/aromatic N) is 1. The van der Waals surface area contributed by atoms with Crippen molar-refractivity contribution in [2.45, 2.75) is 39.2 Å². The maximum absolute atomic E-state index is 12.1. The second-order valence-electron chi connectivity index (χ2n) is 5.09. The van der Waals surface area contributed by atoms with Crippen LogP contribution in [0.1, 0.15) is 37.3 Å². The van der Waals surface area contributed by atoms with Gasteiger partial charge in [-0.2, -0.15) is 11.8 Å². The molecule has 19 heavy (non-hydrogen) atoms. The van der Waals surface area contributed by atoms with Crippen LogP contribution in [0, 0.1) is 0 Å². The molecule has 3 heteroatoms. The lowest BCUT2D eigenvalue weighted by Gasteiger charge is -2.28. The van der Waals surface area contributed by atoms with Crippen LogP contribution in [0.2, 0.25) is 0 Å². The number of carbonyl (C=O) groups is 1. The number of hydrogen-bond donors (Lipinski definition) is 0. The normalized spacial score (nSPS) is 14.3. The van der Waals surface area contributed by atoms with E-state index in [1.807, 2.05) is 4.90 Å². The first-order valence-electron chi connectivity index (χ1n) is 7.23. The van der Waals surface area contributed by atoms with Crippen LogP contribution in [0.4, 0.5) is 0 Å². The van der Waals surface area contributed by atoms with Gasteiger partial charge in [0.1, 0.15) is 0 Å². The molecule has 104 valence electrons. The predicted molar refractivity (Wildman–Crippen MR) is 82.4 cm³/mol. The molecule has 1 amide bonds. The van der Waals surface area contributed by atoms with Gasteiger partial charge in [-0.05, 0) is 29.7 Å². The number of rotatable bonds is 6. The summed E-state index contributed by atoms with van der Waals surface area (Å²) in [6.45, 7) is 3.89. The van der Waals surface area contributed by atoms with Crippen LogP contribution in [-0.2, 0) is 17.8 Å². The minimum Gasteiger partial charge on any atom is -0.337 e. The molecule has 0 bridgehead atoms. The van der Waals surface area contributed by atoms with Crippen LogP contribution in [0.5, 0.6) is 0 Å². The van der Waals surface area contributed by atoms with E-state index in [2.05, 4.69) is 31.2 Å². The van der Waals surface area contributed by atoms with E-state index in [9.17, 15) is 4.79 Å². The quantitative estimate of drug-likeness (QED) is 0.742. The van der Waals surface area contributed by atoms with Gasteiger partial charge in [-0.25, -0.2) is 0 Å². The monoisotopic (exact) mass is 277 g/mol. The molecular formula is C16H23NOS. The van der Waals surface area contributed by atoms with Crippen LogP contribution in [0.15, 0.2) is 24.3 Å². The molecule has 0 fully saturated rings. The van der Waals surface area contributed by atoms with Crippen LogP contribution in [0.3, 0.4) is 0 Å². The van der Waals surface area contributed by atoms with Crippen LogP contribution < -0.4 is 0 Å². The summed E-state index contributed by atoms with van der Waals surface area (Å²) < 4.78 is 0. The highest BCUT2D eigenvalue weighted by molar-refractivity contribution is 7.99. The van der Waals surface area contributed by atoms with Crippen molar-refractivity contribution in [3.05, 3.63) is 35.4 Å². The summed E-state index contributed by atoms with van der Waals surface area (Å²) in [5.74, 6) is 2.06. The Morgan fingerprint density at radius 3 is 2.84 bits per heavy atom. The Morgan fingerprint density at radius 2 is 2.05 bits per heavy atom. The van der Waals surface area contributed by atoms with Gasteiger partial charge >= 0.3 is 0 Å². The number of fused-ring (bicyclic) bond motifs is 1. The van der Waals surface area contributed by atoms with Gasteiger partial charge in [0.15, 0.2) is 0 Å². The van der Waals surface area contributed by atoms with Gasteiger partial charge in [-0.3, -0.25) is 4.79 Å². The number of hydrogen-bond acceptors (Lipinski definition) is 2. The number of carbonyl (C=O) groups excluding carboxylic acids is 1. The first-order valence-corrected chi connectivity index (χ1v) is 8.39. The minimum absolute atomic E-state index is 0.302. The highest BCUT2D eigenvalue weighted by Crippen LogP contribution is 2.19. The Balaban J connectivity index is 1.76. The predicted octanol–water partition coefficient (Wildman–Crippen LogP) is 3.49. The van der Waals surface area contributed by atoms with E-state index in [0.717, 1.165) is 25.3 Å². The molecule has 0 spiro atoms. The Labute approximate surface area is 120 Å². The Bertz CT molecular complexity index is 419. The number of thioether (sulfide) groups is 1. The summed E-state index contributed by atoms with van der Waals surface area (Å²) in [7, 11) is 0. The molecule has 2 rings (SSSR count). The second kappa shape index (κ2) is 7.59. The number of amides is 1. The molecule has 1 aromatic carbocycles. The average Bonchev–Trinajstić information content (AvgIpc) is 2.46. The summed E-state index contributed by atoms with van der Waals surface area (Å²) in [5, 5.41) is 0. The third kappa shape index (κ3) is 4.27. The number of unbranched alkanes of at least 4 members (excludes halogenated alkanes) is 2. The van der Waals surface area contributed by atoms with Crippen molar-refractivity contribution >= 4 is 17.7 Å². The molecule has 1 aromatic rings. The standard InChI is InChI=1S/C16H23NOS/c1-2-3-6-11-19-13-16(18)17-10-9-14-7-4-5-8-15(14)12-17/h4-5,7-8H,2-3,6,9-13H2,1H3. The topological polar surface area (TPSA) is 20.3 Å². The molecule has 0 aromatic heterocycles. The van der Waals surface area contributed by atoms with Gasteiger partial charge in [0, 0.05) is 13.1 Å². The maximum Gasteiger partial charge on any atom is 0.232 e. The van der Waals surface area contributed by atoms with Gasteiger partial charge in [-0.15, -0.1) is 0 Å². The summed E-state index contributed by atoms with van der Waals surface area (Å²) in [4.78, 5) is 14.2. The zero-order chi connectivity index (χ0) is 13.5. The Hall–Kier alpha value is -0.960. The summed E-state index contributed by atoms with van der Waals surface area (Å²) in [6.07, 6.45) is 4.76. The lowest BCUT2D eigenvalue weighted by molar-refractivity contribution is -0.129. The SMILES string of the molecule is CCCCCSCC(=O)N1CCc2ccccc2C1. The van der Waals surface area contributed by atoms with Crippen LogP contribution in [-0.4, -0.2) is 28.9 Å². The average molecular weight is 277 g/mol. The molecule has 0 N–H and O–H groups in total. The van der Waals surface area contributed by atoms with Crippen molar-refractivity contribution in [2.24, 2.45) is 0 Å². The lowest BCUT2D eigenvalue weighted by atomic mass is 10.00. The van der Waals surface area contributed by atoms with Crippen molar-refractivity contribution in [1.29, 1.82) is 0 Å². The number of benzene rings is 1. The second-order valence-corrected chi connectivity index (χ2v) is 6.20. The van der Waals surface area contributed by atoms with Crippen molar-refractivity contribution in [2.75, 3.05) is 18.1 Å². The van der Waals surface area contributed by atoms with Gasteiger partial charge in [0.05, 0.1) is 5.75 Å². The Morgan fingerprint density at radius 1 is 1.26 bits per heavy atom. The molecule has 0 saturated heterocycles. The first kappa shape index (κ1) is 14.4. The van der Waals surface area contributed by atoms with E-state index in [1.165, 1.54) is 30.4 Å². The third-order valence-electron chi connectivity index (χ3n) is 3.60. The van der Waals surface area contributed by atoms with Crippen LogP contribution in [0.25, 0.3) is 0 Å². The molecule has 2 nitrogen and oxygen atoms in total. The van der Waals surface area contributed by atoms with Gasteiger partial charge < -0.3 is 4.90 Å². The fourth-order valence-corrected chi connectivity index (χ4v) is 3.32. The molecule has 1 aliphatic heterocycles. The molecule has 1 aliphatic rings. The minimum atomic E-state index is 0.302. The molecule has 0 radical (unpaired) electrons. The zero-order valence-electron chi connectivity index (χ0n) is 11.7. The highest BCUT2D eigenvalue weighted by Gasteiger charge is 2.19. The summed E-state index contributed by atoms with van der Waals surface area (Å²) in [6, 6.07) is 8.46. The zero-order valence-corrected chi connectivity index (χ0v) is 12.5. The van der Waals surface area contributed by atoms with Gasteiger partial charge in [0.2, 0.25) is 5.91 Å². The van der Waals surface area contributed by atoms with E-state index in [1.54, 1.807) is 11.8 Å². The van der Waals surface area contributed by atoms with E-state index in [-0.39, 0.29) is 0 Å². The fraction of sp³-hybridized carbons (Fsp3) is 0.562. The van der Waals surface area contributed by atoms with Gasteiger partial charge in [0.25, 0.3) is 0 Å². The first-order chi connectivity index (χ1) is 9.31. The lowest BCUT2D eigenvalue weighted by Crippen LogP contribution is -2.37. The smallest absolute Gasteiger partial charge is 0.232 e. The maximum atomic E-state index is 12.1. The van der Waals surface area contributed by atoms with Crippen molar-refractivity contribution in [1.82, 2.24) is 4.90 Å². The molecular weight excluding hydrogens is 254 g/mol. The largest absolute Gasteiger partial charge is 0.337 e. The van der Waals surface area contributed by atoms with Crippen molar-refractivity contribution < 1.29 is 4.79 Å². The molecule has 1 heterocycles. The molecule has 0 unspecified atom stereocenters. The van der Waals surface area contributed by atoms with Crippen molar-refractivity contribution in [3.63, 3.8) is 0 Å². The van der Waals surface area contributed by atoms with E-state index in [4.69, 9.17) is 0 Å². The van der Waals surface area contributed by atoms with Crippen molar-refractivity contribution in [3.8, 4) is 0 Å². The Kier molecular flexibility index (Phi) is 5.77. The van der Waals surface area contributed by atoms with Gasteiger partial charge in [-0.1, -0.05) is 44.0 Å². The van der Waals surface area contributed by atoms with E-state index < -0.39 is 0 Å². The summed E-state index contributed by atoms with van der Waals surface area (Å²) in [5.41, 5.74) is 2.72. The summed E-state index contributed by atoms with van der Waals surface area (Å²) >= 11 is 1.79. The third-order valence-corrected chi connectivity index (χ3v) is 4.63. The molecule has 0 saturated carbocycles. The van der Waals surface area contributed by atoms with E-state index in [0.29, 0.717) is 11.7 Å². The fourth-order valence-electron chi connectivity index (χ4n) is 2.41. The molecule has 0 aliphatic carbocycles. The van der Waals surface area contributed by atoms with E-state index >= 15 is 0 Å². The highest BCUT2D eigenvalue weighted by atomic mass is 32.2.